The lowest BCUT2D eigenvalue weighted by atomic mass is 10.1. The van der Waals surface area contributed by atoms with Gasteiger partial charge < -0.3 is 15.4 Å². The summed E-state index contributed by atoms with van der Waals surface area (Å²) in [5, 5.41) is 10.5. The third-order valence-electron chi connectivity index (χ3n) is 4.45. The van der Waals surface area contributed by atoms with Crippen molar-refractivity contribution < 1.29 is 4.74 Å². The van der Waals surface area contributed by atoms with Crippen LogP contribution in [0.25, 0.3) is 0 Å². The summed E-state index contributed by atoms with van der Waals surface area (Å²) in [6.45, 7) is 6.94. The number of aromatic nitrogens is 2. The first-order chi connectivity index (χ1) is 15.9. The van der Waals surface area contributed by atoms with Crippen molar-refractivity contribution in [2.24, 2.45) is 4.99 Å². The molecule has 0 aliphatic heterocycles. The molecule has 0 unspecified atom stereocenters. The molecule has 0 radical (unpaired) electrons. The van der Waals surface area contributed by atoms with Crippen LogP contribution in [0.5, 0.6) is 5.75 Å². The molecule has 1 heterocycles. The molecule has 0 saturated heterocycles. The first kappa shape index (κ1) is 24.4. The van der Waals surface area contributed by atoms with Gasteiger partial charge >= 0.3 is 0 Å². The van der Waals surface area contributed by atoms with E-state index in [1.165, 1.54) is 0 Å². The molecule has 3 rings (SSSR count). The van der Waals surface area contributed by atoms with Gasteiger partial charge in [0, 0.05) is 28.6 Å². The van der Waals surface area contributed by atoms with E-state index < -0.39 is 0 Å². The van der Waals surface area contributed by atoms with E-state index in [2.05, 4.69) is 30.9 Å². The normalized spacial score (nSPS) is 11.1. The Labute approximate surface area is 204 Å². The predicted molar refractivity (Wildman–Crippen MR) is 140 cm³/mol. The van der Waals surface area contributed by atoms with Crippen molar-refractivity contribution in [2.75, 3.05) is 23.8 Å². The van der Waals surface area contributed by atoms with Gasteiger partial charge in [-0.1, -0.05) is 23.7 Å². The Bertz CT molecular complexity index is 1080. The molecule has 3 aromatic rings. The van der Waals surface area contributed by atoms with Gasteiger partial charge in [0.15, 0.2) is 5.11 Å². The zero-order valence-corrected chi connectivity index (χ0v) is 20.4. The van der Waals surface area contributed by atoms with Crippen LogP contribution < -0.4 is 20.7 Å². The number of anilines is 2. The average molecular weight is 483 g/mol. The van der Waals surface area contributed by atoms with E-state index in [0.717, 1.165) is 34.8 Å². The molecule has 0 fully saturated rings. The highest BCUT2D eigenvalue weighted by molar-refractivity contribution is 7.80. The summed E-state index contributed by atoms with van der Waals surface area (Å²) in [6.07, 6.45) is 0.747. The third kappa shape index (κ3) is 8.32. The van der Waals surface area contributed by atoms with Crippen LogP contribution in [0, 0.1) is 13.8 Å². The second-order valence-electron chi connectivity index (χ2n) is 7.24. The quantitative estimate of drug-likeness (QED) is 0.244. The van der Waals surface area contributed by atoms with Crippen LogP contribution in [0.3, 0.4) is 0 Å². The van der Waals surface area contributed by atoms with Crippen molar-refractivity contribution in [1.82, 2.24) is 15.3 Å². The van der Waals surface area contributed by atoms with Gasteiger partial charge in [-0.25, -0.2) is 9.97 Å². The summed E-state index contributed by atoms with van der Waals surface area (Å²) in [4.78, 5) is 13.5. The lowest BCUT2D eigenvalue weighted by Gasteiger charge is -2.14. The minimum atomic E-state index is 0.390. The van der Waals surface area contributed by atoms with Crippen LogP contribution in [0.1, 0.15) is 23.9 Å². The summed E-state index contributed by atoms with van der Waals surface area (Å²) >= 11 is 11.5. The molecule has 3 N–H and O–H groups in total. The maximum atomic E-state index is 5.97. The molecule has 33 heavy (non-hydrogen) atoms. The Morgan fingerprint density at radius 1 is 1.00 bits per heavy atom. The SMILES string of the molecule is CCOc1ccc(NC(=S)NC(=NCCc2ccc(Cl)cc2)Nc2nc(C)cc(C)n2)cc1. The number of hydrogen-bond donors (Lipinski definition) is 3. The number of thiocarbonyl (C=S) groups is 1. The summed E-state index contributed by atoms with van der Waals surface area (Å²) in [6, 6.07) is 17.2. The van der Waals surface area contributed by atoms with E-state index in [4.69, 9.17) is 28.6 Å². The van der Waals surface area contributed by atoms with Crippen molar-refractivity contribution in [3.05, 3.63) is 76.6 Å². The van der Waals surface area contributed by atoms with E-state index in [1.807, 2.05) is 75.4 Å². The number of aryl methyl sites for hydroxylation is 2. The molecule has 0 aliphatic carbocycles. The van der Waals surface area contributed by atoms with E-state index >= 15 is 0 Å². The Kier molecular flexibility index (Phi) is 8.97. The third-order valence-corrected chi connectivity index (χ3v) is 4.91. The molecule has 0 amide bonds. The monoisotopic (exact) mass is 482 g/mol. The van der Waals surface area contributed by atoms with E-state index in [-0.39, 0.29) is 0 Å². The molecule has 0 bridgehead atoms. The van der Waals surface area contributed by atoms with Crippen LogP contribution in [0.15, 0.2) is 59.6 Å². The van der Waals surface area contributed by atoms with Crippen LogP contribution in [0.4, 0.5) is 11.6 Å². The van der Waals surface area contributed by atoms with Crippen LogP contribution >= 0.6 is 23.8 Å². The molecular formula is C24H27ClN6OS. The molecule has 172 valence electrons. The minimum Gasteiger partial charge on any atom is -0.494 e. The van der Waals surface area contributed by atoms with Crippen LogP contribution in [-0.4, -0.2) is 34.2 Å². The van der Waals surface area contributed by atoms with Crippen molar-refractivity contribution >= 4 is 46.5 Å². The zero-order chi connectivity index (χ0) is 23.6. The highest BCUT2D eigenvalue weighted by Gasteiger charge is 2.08. The minimum absolute atomic E-state index is 0.390. The molecule has 2 aromatic carbocycles. The maximum absolute atomic E-state index is 5.97. The number of aliphatic imine (C=N–C) groups is 1. The Hall–Kier alpha value is -3.23. The fourth-order valence-electron chi connectivity index (χ4n) is 3.02. The smallest absolute Gasteiger partial charge is 0.229 e. The molecule has 1 aromatic heterocycles. The summed E-state index contributed by atoms with van der Waals surface area (Å²) in [5.41, 5.74) is 3.69. The number of guanidine groups is 1. The second-order valence-corrected chi connectivity index (χ2v) is 8.09. The van der Waals surface area contributed by atoms with Gasteiger partial charge in [-0.15, -0.1) is 0 Å². The van der Waals surface area contributed by atoms with Gasteiger partial charge in [0.25, 0.3) is 0 Å². The van der Waals surface area contributed by atoms with Gasteiger partial charge in [0.2, 0.25) is 11.9 Å². The largest absolute Gasteiger partial charge is 0.494 e. The standard InChI is InChI=1S/C24H27ClN6OS/c1-4-32-21-11-9-20(10-12-21)29-24(33)31-22(30-23-27-16(2)15-17(3)28-23)26-14-13-18-5-7-19(25)8-6-18/h5-12,15H,4,13-14H2,1-3H3,(H3,26,27,28,29,30,31,33). The summed E-state index contributed by atoms with van der Waals surface area (Å²) in [7, 11) is 0. The predicted octanol–water partition coefficient (Wildman–Crippen LogP) is 5.14. The molecule has 0 aliphatic rings. The molecule has 0 spiro atoms. The van der Waals surface area contributed by atoms with E-state index in [1.54, 1.807) is 0 Å². The van der Waals surface area contributed by atoms with Crippen LogP contribution in [0.2, 0.25) is 5.02 Å². The fraction of sp³-hybridized carbons (Fsp3) is 0.250. The molecule has 7 nitrogen and oxygen atoms in total. The molecule has 9 heteroatoms. The van der Waals surface area contributed by atoms with E-state index in [9.17, 15) is 0 Å². The second kappa shape index (κ2) is 12.1. The topological polar surface area (TPSA) is 83.5 Å². The number of ether oxygens (including phenoxy) is 1. The van der Waals surface area contributed by atoms with Crippen LogP contribution in [-0.2, 0) is 6.42 Å². The highest BCUT2D eigenvalue weighted by Crippen LogP contribution is 2.15. The van der Waals surface area contributed by atoms with Crippen molar-refractivity contribution in [1.29, 1.82) is 0 Å². The van der Waals surface area contributed by atoms with Gasteiger partial charge in [-0.3, -0.25) is 10.3 Å². The number of benzene rings is 2. The number of rotatable bonds is 7. The molecule has 0 saturated carbocycles. The lowest BCUT2D eigenvalue weighted by Crippen LogP contribution is -2.39. The first-order valence-corrected chi connectivity index (χ1v) is 11.4. The zero-order valence-electron chi connectivity index (χ0n) is 18.9. The summed E-state index contributed by atoms with van der Waals surface area (Å²) < 4.78 is 5.48. The highest BCUT2D eigenvalue weighted by atomic mass is 35.5. The maximum Gasteiger partial charge on any atom is 0.229 e. The lowest BCUT2D eigenvalue weighted by molar-refractivity contribution is 0.340. The fourth-order valence-corrected chi connectivity index (χ4v) is 3.36. The average Bonchev–Trinajstić information content (AvgIpc) is 2.76. The number of hydrogen-bond acceptors (Lipinski definition) is 5. The Morgan fingerprint density at radius 3 is 2.30 bits per heavy atom. The molecule has 0 atom stereocenters. The first-order valence-electron chi connectivity index (χ1n) is 10.6. The molecular weight excluding hydrogens is 456 g/mol. The van der Waals surface area contributed by atoms with Crippen molar-refractivity contribution in [3.8, 4) is 5.75 Å². The van der Waals surface area contributed by atoms with Gasteiger partial charge in [-0.2, -0.15) is 0 Å². The van der Waals surface area contributed by atoms with Gasteiger partial charge in [0.05, 0.1) is 6.61 Å². The number of nitrogens with zero attached hydrogens (tertiary/aromatic N) is 3. The summed E-state index contributed by atoms with van der Waals surface area (Å²) in [5.74, 6) is 1.71. The van der Waals surface area contributed by atoms with Gasteiger partial charge in [-0.05, 0) is 87.4 Å². The van der Waals surface area contributed by atoms with Crippen molar-refractivity contribution in [2.45, 2.75) is 27.2 Å². The number of nitrogens with one attached hydrogen (secondary N) is 3. The number of halogens is 1. The van der Waals surface area contributed by atoms with Crippen molar-refractivity contribution in [3.63, 3.8) is 0 Å². The Morgan fingerprint density at radius 2 is 1.67 bits per heavy atom. The van der Waals surface area contributed by atoms with E-state index in [0.29, 0.717) is 35.2 Å². The Balaban J connectivity index is 1.69. The van der Waals surface area contributed by atoms with Gasteiger partial charge in [0.1, 0.15) is 5.75 Å².